The maximum absolute atomic E-state index is 9.95. The fraction of sp³-hybridized carbons (Fsp3) is 0.636. The van der Waals surface area contributed by atoms with Gasteiger partial charge in [-0.15, -0.1) is 10.2 Å². The van der Waals surface area contributed by atoms with E-state index in [4.69, 9.17) is 11.6 Å². The van der Waals surface area contributed by atoms with E-state index in [0.29, 0.717) is 17.5 Å². The quantitative estimate of drug-likeness (QED) is 0.851. The Hall–Kier alpha value is -0.870. The van der Waals surface area contributed by atoms with Gasteiger partial charge in [-0.3, -0.25) is 0 Å². The van der Waals surface area contributed by atoms with Gasteiger partial charge >= 0.3 is 0 Å². The second kappa shape index (κ2) is 4.18. The molecule has 0 radical (unpaired) electrons. The molecule has 0 unspecified atom stereocenters. The van der Waals surface area contributed by atoms with Gasteiger partial charge in [0.2, 0.25) is 0 Å². The SMILES string of the molecule is Cc1c(Cl)nnc(NCC2(O)CCC2)c1C. The van der Waals surface area contributed by atoms with Crippen LogP contribution in [0.1, 0.15) is 30.4 Å². The van der Waals surface area contributed by atoms with Crippen LogP contribution in [0.15, 0.2) is 0 Å². The summed E-state index contributed by atoms with van der Waals surface area (Å²) in [4.78, 5) is 0. The first-order chi connectivity index (χ1) is 7.52. The van der Waals surface area contributed by atoms with Crippen molar-refractivity contribution in [1.29, 1.82) is 0 Å². The molecule has 1 aromatic rings. The summed E-state index contributed by atoms with van der Waals surface area (Å²) in [6, 6.07) is 0. The molecule has 1 heterocycles. The molecule has 2 N–H and O–H groups in total. The van der Waals surface area contributed by atoms with Crippen LogP contribution in [-0.2, 0) is 0 Å². The molecular formula is C11H16ClN3O. The van der Waals surface area contributed by atoms with Gasteiger partial charge in [0.1, 0.15) is 0 Å². The Bertz CT molecular complexity index is 404. The first-order valence-electron chi connectivity index (χ1n) is 5.47. The zero-order chi connectivity index (χ0) is 11.8. The van der Waals surface area contributed by atoms with Crippen LogP contribution < -0.4 is 5.32 Å². The standard InChI is InChI=1S/C11H16ClN3O/c1-7-8(2)10(15-14-9(7)12)13-6-11(16)4-3-5-11/h16H,3-6H2,1-2H3,(H,13,15). The smallest absolute Gasteiger partial charge is 0.155 e. The molecule has 0 aromatic carbocycles. The van der Waals surface area contributed by atoms with E-state index in [2.05, 4.69) is 15.5 Å². The molecule has 16 heavy (non-hydrogen) atoms. The summed E-state index contributed by atoms with van der Waals surface area (Å²) in [5, 5.41) is 21.4. The number of halogens is 1. The lowest BCUT2D eigenvalue weighted by molar-refractivity contribution is -0.0202. The van der Waals surface area contributed by atoms with E-state index in [0.717, 1.165) is 30.4 Å². The van der Waals surface area contributed by atoms with Crippen LogP contribution in [0.4, 0.5) is 5.82 Å². The number of anilines is 1. The molecule has 0 aliphatic heterocycles. The highest BCUT2D eigenvalue weighted by Crippen LogP contribution is 2.32. The van der Waals surface area contributed by atoms with Crippen molar-refractivity contribution in [2.45, 2.75) is 38.7 Å². The number of rotatable bonds is 3. The van der Waals surface area contributed by atoms with Crippen molar-refractivity contribution >= 4 is 17.4 Å². The zero-order valence-corrected chi connectivity index (χ0v) is 10.3. The van der Waals surface area contributed by atoms with E-state index in [1.807, 2.05) is 13.8 Å². The fourth-order valence-corrected chi connectivity index (χ4v) is 1.93. The summed E-state index contributed by atoms with van der Waals surface area (Å²) in [6.45, 7) is 4.39. The molecule has 1 aliphatic rings. The summed E-state index contributed by atoms with van der Waals surface area (Å²) in [5.74, 6) is 0.710. The maximum Gasteiger partial charge on any atom is 0.155 e. The van der Waals surface area contributed by atoms with Crippen LogP contribution in [0.2, 0.25) is 5.15 Å². The summed E-state index contributed by atoms with van der Waals surface area (Å²) in [7, 11) is 0. The van der Waals surface area contributed by atoms with Crippen molar-refractivity contribution in [2.24, 2.45) is 0 Å². The van der Waals surface area contributed by atoms with Crippen LogP contribution in [-0.4, -0.2) is 27.4 Å². The minimum absolute atomic E-state index is 0.436. The van der Waals surface area contributed by atoms with Gasteiger partial charge < -0.3 is 10.4 Å². The molecule has 0 saturated heterocycles. The van der Waals surface area contributed by atoms with Crippen molar-refractivity contribution in [3.8, 4) is 0 Å². The van der Waals surface area contributed by atoms with Crippen molar-refractivity contribution < 1.29 is 5.11 Å². The van der Waals surface area contributed by atoms with Crippen molar-refractivity contribution in [3.63, 3.8) is 0 Å². The highest BCUT2D eigenvalue weighted by molar-refractivity contribution is 6.30. The summed E-state index contributed by atoms with van der Waals surface area (Å²) >= 11 is 5.86. The third kappa shape index (κ3) is 2.13. The van der Waals surface area contributed by atoms with E-state index >= 15 is 0 Å². The predicted octanol–water partition coefficient (Wildman–Crippen LogP) is 2.07. The van der Waals surface area contributed by atoms with Gasteiger partial charge in [-0.25, -0.2) is 0 Å². The van der Waals surface area contributed by atoms with E-state index < -0.39 is 5.60 Å². The Kier molecular flexibility index (Phi) is 3.04. The van der Waals surface area contributed by atoms with Crippen LogP contribution in [0.3, 0.4) is 0 Å². The molecule has 88 valence electrons. The highest BCUT2D eigenvalue weighted by atomic mass is 35.5. The van der Waals surface area contributed by atoms with Crippen molar-refractivity contribution in [1.82, 2.24) is 10.2 Å². The molecule has 1 saturated carbocycles. The average Bonchev–Trinajstić information content (AvgIpc) is 2.22. The molecule has 0 bridgehead atoms. The lowest BCUT2D eigenvalue weighted by atomic mass is 9.80. The monoisotopic (exact) mass is 241 g/mol. The highest BCUT2D eigenvalue weighted by Gasteiger charge is 2.34. The summed E-state index contributed by atoms with van der Waals surface area (Å²) < 4.78 is 0. The topological polar surface area (TPSA) is 58.0 Å². The molecule has 2 rings (SSSR count). The van der Waals surface area contributed by atoms with Crippen LogP contribution in [0, 0.1) is 13.8 Å². The van der Waals surface area contributed by atoms with Gasteiger partial charge in [0.05, 0.1) is 5.60 Å². The molecule has 1 fully saturated rings. The van der Waals surface area contributed by atoms with Crippen LogP contribution >= 0.6 is 11.6 Å². The number of aliphatic hydroxyl groups is 1. The van der Waals surface area contributed by atoms with Gasteiger partial charge in [0, 0.05) is 6.54 Å². The first-order valence-corrected chi connectivity index (χ1v) is 5.85. The Morgan fingerprint density at radius 3 is 2.56 bits per heavy atom. The van der Waals surface area contributed by atoms with Crippen molar-refractivity contribution in [2.75, 3.05) is 11.9 Å². The first kappa shape index (κ1) is 11.6. The Labute approximate surface area is 100 Å². The molecule has 4 nitrogen and oxygen atoms in total. The summed E-state index contributed by atoms with van der Waals surface area (Å²) in [5.41, 5.74) is 1.37. The second-order valence-electron chi connectivity index (χ2n) is 4.52. The molecule has 0 amide bonds. The van der Waals surface area contributed by atoms with Gasteiger partial charge in [0.25, 0.3) is 0 Å². The van der Waals surface area contributed by atoms with Crippen LogP contribution in [0.25, 0.3) is 0 Å². The Morgan fingerprint density at radius 2 is 2.00 bits per heavy atom. The van der Waals surface area contributed by atoms with Gasteiger partial charge in [-0.2, -0.15) is 0 Å². The van der Waals surface area contributed by atoms with E-state index in [9.17, 15) is 5.11 Å². The maximum atomic E-state index is 9.95. The predicted molar refractivity (Wildman–Crippen MR) is 63.8 cm³/mol. The van der Waals surface area contributed by atoms with E-state index in [-0.39, 0.29) is 0 Å². The minimum atomic E-state index is -0.554. The Balaban J connectivity index is 2.07. The molecule has 0 spiro atoms. The van der Waals surface area contributed by atoms with E-state index in [1.165, 1.54) is 0 Å². The second-order valence-corrected chi connectivity index (χ2v) is 4.88. The number of hydrogen-bond acceptors (Lipinski definition) is 4. The number of nitrogens with one attached hydrogen (secondary N) is 1. The van der Waals surface area contributed by atoms with Crippen LogP contribution in [0.5, 0.6) is 0 Å². The fourth-order valence-electron chi connectivity index (χ4n) is 1.75. The minimum Gasteiger partial charge on any atom is -0.388 e. The molecule has 1 aromatic heterocycles. The van der Waals surface area contributed by atoms with Gasteiger partial charge in [-0.1, -0.05) is 11.6 Å². The Morgan fingerprint density at radius 1 is 1.31 bits per heavy atom. The number of hydrogen-bond donors (Lipinski definition) is 2. The molecule has 5 heteroatoms. The van der Waals surface area contributed by atoms with Crippen molar-refractivity contribution in [3.05, 3.63) is 16.3 Å². The average molecular weight is 242 g/mol. The zero-order valence-electron chi connectivity index (χ0n) is 9.55. The number of nitrogens with zero attached hydrogens (tertiary/aromatic N) is 2. The number of aromatic nitrogens is 2. The lowest BCUT2D eigenvalue weighted by Crippen LogP contribution is -2.43. The van der Waals surface area contributed by atoms with E-state index in [1.54, 1.807) is 0 Å². The normalized spacial score (nSPS) is 18.0. The third-order valence-corrected chi connectivity index (χ3v) is 3.69. The molecule has 1 aliphatic carbocycles. The largest absolute Gasteiger partial charge is 0.388 e. The van der Waals surface area contributed by atoms with Gasteiger partial charge in [-0.05, 0) is 44.2 Å². The molecular weight excluding hydrogens is 226 g/mol. The molecule has 0 atom stereocenters. The summed E-state index contributed by atoms with van der Waals surface area (Å²) in [6.07, 6.45) is 2.82. The third-order valence-electron chi connectivity index (χ3n) is 3.33. The lowest BCUT2D eigenvalue weighted by Gasteiger charge is -2.36. The van der Waals surface area contributed by atoms with Gasteiger partial charge in [0.15, 0.2) is 11.0 Å².